The summed E-state index contributed by atoms with van der Waals surface area (Å²) < 4.78 is 0. The molecule has 0 aliphatic carbocycles. The molecule has 0 aliphatic heterocycles. The summed E-state index contributed by atoms with van der Waals surface area (Å²) in [6, 6.07) is 14.2. The molecule has 0 atom stereocenters. The van der Waals surface area contributed by atoms with E-state index in [1.807, 2.05) is 30.3 Å². The Morgan fingerprint density at radius 2 is 1.83 bits per heavy atom. The molecule has 0 heterocycles. The van der Waals surface area contributed by atoms with Crippen molar-refractivity contribution in [2.24, 2.45) is 10.7 Å². The molecule has 0 saturated heterocycles. The molecular weight excluding hydrogens is 335 g/mol. The van der Waals surface area contributed by atoms with Crippen LogP contribution in [0.2, 0.25) is 10.0 Å². The zero-order chi connectivity index (χ0) is 16.7. The second-order valence-electron chi connectivity index (χ2n) is 4.64. The maximum absolute atomic E-state index is 11.9. The number of carbonyl (C=O) groups is 1. The van der Waals surface area contributed by atoms with Gasteiger partial charge in [-0.3, -0.25) is 9.79 Å². The van der Waals surface area contributed by atoms with E-state index in [0.717, 1.165) is 5.69 Å². The molecule has 23 heavy (non-hydrogen) atoms. The fourth-order valence-electron chi connectivity index (χ4n) is 1.79. The smallest absolute Gasteiger partial charge is 0.251 e. The normalized spacial score (nSPS) is 11.1. The molecule has 0 fully saturated rings. The highest BCUT2D eigenvalue weighted by Crippen LogP contribution is 2.22. The number of aliphatic imine (C=N–C) groups is 1. The lowest BCUT2D eigenvalue weighted by molar-refractivity contribution is 0.0955. The fourth-order valence-corrected chi connectivity index (χ4v) is 2.09. The number of hydrogen-bond donors (Lipinski definition) is 3. The van der Waals surface area contributed by atoms with Crippen LogP contribution in [0.15, 0.2) is 53.5 Å². The molecule has 2 rings (SSSR count). The van der Waals surface area contributed by atoms with Crippen molar-refractivity contribution in [1.29, 1.82) is 0 Å². The van der Waals surface area contributed by atoms with Gasteiger partial charge in [-0.15, -0.1) is 0 Å². The van der Waals surface area contributed by atoms with Crippen LogP contribution in [0.1, 0.15) is 10.4 Å². The molecular formula is C16H16Cl2N4O. The number of guanidine groups is 1. The SMILES string of the molecule is NC(=NCCNC(=O)c1ccc(Cl)c(Cl)c1)Nc1ccccc1. The van der Waals surface area contributed by atoms with Crippen LogP contribution in [0.5, 0.6) is 0 Å². The number of nitrogens with zero attached hydrogens (tertiary/aromatic N) is 1. The summed E-state index contributed by atoms with van der Waals surface area (Å²) >= 11 is 11.7. The number of halogens is 2. The molecule has 0 aliphatic rings. The Morgan fingerprint density at radius 1 is 1.09 bits per heavy atom. The molecule has 5 nitrogen and oxygen atoms in total. The third kappa shape index (κ3) is 5.47. The van der Waals surface area contributed by atoms with Crippen LogP contribution >= 0.6 is 23.2 Å². The third-order valence-electron chi connectivity index (χ3n) is 2.91. The van der Waals surface area contributed by atoms with E-state index in [-0.39, 0.29) is 5.91 Å². The Morgan fingerprint density at radius 3 is 2.52 bits per heavy atom. The second-order valence-corrected chi connectivity index (χ2v) is 5.46. The molecule has 0 saturated carbocycles. The summed E-state index contributed by atoms with van der Waals surface area (Å²) in [6.07, 6.45) is 0. The Bertz CT molecular complexity index is 704. The molecule has 0 radical (unpaired) electrons. The van der Waals surface area contributed by atoms with Crippen molar-refractivity contribution in [3.8, 4) is 0 Å². The summed E-state index contributed by atoms with van der Waals surface area (Å²) in [7, 11) is 0. The van der Waals surface area contributed by atoms with Crippen molar-refractivity contribution in [2.75, 3.05) is 18.4 Å². The van der Waals surface area contributed by atoms with Crippen LogP contribution in [-0.2, 0) is 0 Å². The Kier molecular flexibility index (Phi) is 6.26. The van der Waals surface area contributed by atoms with Gasteiger partial charge in [0.2, 0.25) is 0 Å². The topological polar surface area (TPSA) is 79.5 Å². The van der Waals surface area contributed by atoms with Crippen LogP contribution in [0.3, 0.4) is 0 Å². The van der Waals surface area contributed by atoms with Crippen molar-refractivity contribution < 1.29 is 4.79 Å². The van der Waals surface area contributed by atoms with Crippen molar-refractivity contribution in [2.45, 2.75) is 0 Å². The standard InChI is InChI=1S/C16H16Cl2N4O/c17-13-7-6-11(10-14(13)18)15(23)20-8-9-21-16(19)22-12-4-2-1-3-5-12/h1-7,10H,8-9H2,(H,20,23)(H3,19,21,22). The number of amides is 1. The summed E-state index contributed by atoms with van der Waals surface area (Å²) in [6.45, 7) is 0.717. The van der Waals surface area contributed by atoms with E-state index in [2.05, 4.69) is 15.6 Å². The van der Waals surface area contributed by atoms with Crippen LogP contribution in [0, 0.1) is 0 Å². The van der Waals surface area contributed by atoms with Gasteiger partial charge in [-0.2, -0.15) is 0 Å². The first kappa shape index (κ1) is 17.1. The Labute approximate surface area is 144 Å². The van der Waals surface area contributed by atoms with E-state index in [9.17, 15) is 4.79 Å². The van der Waals surface area contributed by atoms with Gasteiger partial charge < -0.3 is 16.4 Å². The van der Waals surface area contributed by atoms with Crippen LogP contribution in [0.25, 0.3) is 0 Å². The minimum absolute atomic E-state index is 0.242. The van der Waals surface area contributed by atoms with E-state index < -0.39 is 0 Å². The van der Waals surface area contributed by atoms with Crippen molar-refractivity contribution in [3.05, 3.63) is 64.1 Å². The molecule has 2 aromatic rings. The van der Waals surface area contributed by atoms with Gasteiger partial charge in [0.05, 0.1) is 16.6 Å². The van der Waals surface area contributed by atoms with E-state index in [1.54, 1.807) is 12.1 Å². The molecule has 0 spiro atoms. The van der Waals surface area contributed by atoms with Crippen LogP contribution in [0.4, 0.5) is 5.69 Å². The monoisotopic (exact) mass is 350 g/mol. The summed E-state index contributed by atoms with van der Waals surface area (Å²) in [4.78, 5) is 16.1. The predicted molar refractivity (Wildman–Crippen MR) is 95.3 cm³/mol. The number of para-hydroxylation sites is 1. The molecule has 0 aromatic heterocycles. The second kappa shape index (κ2) is 8.41. The maximum atomic E-state index is 11.9. The lowest BCUT2D eigenvalue weighted by atomic mass is 10.2. The van der Waals surface area contributed by atoms with Crippen molar-refractivity contribution >= 4 is 40.8 Å². The van der Waals surface area contributed by atoms with Gasteiger partial charge >= 0.3 is 0 Å². The minimum atomic E-state index is -0.242. The summed E-state index contributed by atoms with van der Waals surface area (Å²) in [5.74, 6) is 0.0494. The Hall–Kier alpha value is -2.24. The quantitative estimate of drug-likeness (QED) is 0.440. The van der Waals surface area contributed by atoms with E-state index in [0.29, 0.717) is 34.7 Å². The van der Waals surface area contributed by atoms with Gasteiger partial charge in [0, 0.05) is 17.8 Å². The zero-order valence-electron chi connectivity index (χ0n) is 12.2. The third-order valence-corrected chi connectivity index (χ3v) is 3.65. The molecule has 0 bridgehead atoms. The number of nitrogens with one attached hydrogen (secondary N) is 2. The van der Waals surface area contributed by atoms with Crippen molar-refractivity contribution in [3.63, 3.8) is 0 Å². The lowest BCUT2D eigenvalue weighted by Crippen LogP contribution is -2.28. The average molecular weight is 351 g/mol. The van der Waals surface area contributed by atoms with Gasteiger partial charge in [-0.05, 0) is 30.3 Å². The van der Waals surface area contributed by atoms with Gasteiger partial charge in [-0.25, -0.2) is 0 Å². The van der Waals surface area contributed by atoms with Crippen LogP contribution in [-0.4, -0.2) is 25.0 Å². The first-order chi connectivity index (χ1) is 11.1. The zero-order valence-corrected chi connectivity index (χ0v) is 13.7. The van der Waals surface area contributed by atoms with Crippen molar-refractivity contribution in [1.82, 2.24) is 5.32 Å². The number of carbonyl (C=O) groups excluding carboxylic acids is 1. The first-order valence-electron chi connectivity index (χ1n) is 6.91. The Balaban J connectivity index is 1.79. The molecule has 1 amide bonds. The highest BCUT2D eigenvalue weighted by atomic mass is 35.5. The molecule has 7 heteroatoms. The van der Waals surface area contributed by atoms with Gasteiger partial charge in [-0.1, -0.05) is 41.4 Å². The largest absolute Gasteiger partial charge is 0.370 e. The average Bonchev–Trinajstić information content (AvgIpc) is 2.55. The number of benzene rings is 2. The predicted octanol–water partition coefficient (Wildman–Crippen LogP) is 3.15. The van der Waals surface area contributed by atoms with Gasteiger partial charge in [0.25, 0.3) is 5.91 Å². The van der Waals surface area contributed by atoms with E-state index in [1.165, 1.54) is 6.07 Å². The first-order valence-corrected chi connectivity index (χ1v) is 7.67. The molecule has 120 valence electrons. The number of nitrogens with two attached hydrogens (primary N) is 1. The number of hydrogen-bond acceptors (Lipinski definition) is 2. The number of rotatable bonds is 5. The van der Waals surface area contributed by atoms with Crippen LogP contribution < -0.4 is 16.4 Å². The summed E-state index contributed by atoms with van der Waals surface area (Å²) in [5.41, 5.74) is 7.06. The van der Waals surface area contributed by atoms with Gasteiger partial charge in [0.15, 0.2) is 5.96 Å². The highest BCUT2D eigenvalue weighted by Gasteiger charge is 2.07. The molecule has 4 N–H and O–H groups in total. The summed E-state index contributed by atoms with van der Waals surface area (Å²) in [5, 5.41) is 6.44. The fraction of sp³-hybridized carbons (Fsp3) is 0.125. The van der Waals surface area contributed by atoms with E-state index in [4.69, 9.17) is 28.9 Å². The van der Waals surface area contributed by atoms with E-state index >= 15 is 0 Å². The minimum Gasteiger partial charge on any atom is -0.370 e. The van der Waals surface area contributed by atoms with Gasteiger partial charge in [0.1, 0.15) is 0 Å². The molecule has 0 unspecified atom stereocenters. The number of anilines is 1. The molecule has 2 aromatic carbocycles. The maximum Gasteiger partial charge on any atom is 0.251 e. The highest BCUT2D eigenvalue weighted by molar-refractivity contribution is 6.42. The lowest BCUT2D eigenvalue weighted by Gasteiger charge is -2.06.